The Balaban J connectivity index is 1.83. The fourth-order valence-corrected chi connectivity index (χ4v) is 3.17. The zero-order valence-electron chi connectivity index (χ0n) is 15.4. The van der Waals surface area contributed by atoms with Gasteiger partial charge in [0.15, 0.2) is 0 Å². The third-order valence-electron chi connectivity index (χ3n) is 4.62. The van der Waals surface area contributed by atoms with Gasteiger partial charge in [-0.3, -0.25) is 14.3 Å². The minimum atomic E-state index is -0.791. The molecule has 1 aromatic heterocycles. The SMILES string of the molecule is O=C(O)CCCCCCc1c(O)[nH]c(=O)n1CCC(O)Cc1ccccc1. The predicted molar refractivity (Wildman–Crippen MR) is 102 cm³/mol. The molecule has 1 unspecified atom stereocenters. The number of carboxylic acids is 1. The highest BCUT2D eigenvalue weighted by Gasteiger charge is 2.15. The summed E-state index contributed by atoms with van der Waals surface area (Å²) in [6.07, 6.45) is 4.10. The molecule has 0 saturated carbocycles. The third kappa shape index (κ3) is 6.94. The monoisotopic (exact) mass is 376 g/mol. The Hall–Kier alpha value is -2.54. The molecule has 0 bridgehead atoms. The van der Waals surface area contributed by atoms with E-state index in [1.54, 1.807) is 0 Å². The van der Waals surface area contributed by atoms with Gasteiger partial charge in [0.2, 0.25) is 5.88 Å². The van der Waals surface area contributed by atoms with Gasteiger partial charge < -0.3 is 15.3 Å². The molecule has 1 atom stereocenters. The summed E-state index contributed by atoms with van der Waals surface area (Å²) < 4.78 is 1.49. The highest BCUT2D eigenvalue weighted by molar-refractivity contribution is 5.66. The van der Waals surface area contributed by atoms with Gasteiger partial charge >= 0.3 is 11.7 Å². The maximum absolute atomic E-state index is 12.0. The van der Waals surface area contributed by atoms with Gasteiger partial charge in [0, 0.05) is 13.0 Å². The number of H-pyrrole nitrogens is 1. The lowest BCUT2D eigenvalue weighted by Gasteiger charge is -2.12. The molecule has 0 aliphatic heterocycles. The molecule has 0 fully saturated rings. The van der Waals surface area contributed by atoms with Crippen LogP contribution in [0.15, 0.2) is 35.1 Å². The minimum absolute atomic E-state index is 0.122. The number of imidazole rings is 1. The van der Waals surface area contributed by atoms with Crippen molar-refractivity contribution in [2.75, 3.05) is 0 Å². The molecule has 0 aliphatic rings. The maximum Gasteiger partial charge on any atom is 0.328 e. The highest BCUT2D eigenvalue weighted by Crippen LogP contribution is 2.17. The van der Waals surface area contributed by atoms with Gasteiger partial charge in [0.1, 0.15) is 0 Å². The molecule has 7 heteroatoms. The molecule has 1 aromatic carbocycles. The number of hydrogen-bond donors (Lipinski definition) is 4. The van der Waals surface area contributed by atoms with Crippen molar-refractivity contribution in [2.45, 2.75) is 64.0 Å². The molecule has 0 amide bonds. The van der Waals surface area contributed by atoms with Crippen molar-refractivity contribution in [3.8, 4) is 5.88 Å². The number of hydrogen-bond acceptors (Lipinski definition) is 4. The average Bonchev–Trinajstić information content (AvgIpc) is 2.89. The largest absolute Gasteiger partial charge is 0.493 e. The van der Waals surface area contributed by atoms with E-state index in [4.69, 9.17) is 5.11 Å². The van der Waals surface area contributed by atoms with Crippen LogP contribution < -0.4 is 5.69 Å². The summed E-state index contributed by atoms with van der Waals surface area (Å²) in [6, 6.07) is 9.67. The molecule has 148 valence electrons. The van der Waals surface area contributed by atoms with Crippen molar-refractivity contribution in [2.24, 2.45) is 0 Å². The normalized spacial score (nSPS) is 12.2. The molecular weight excluding hydrogens is 348 g/mol. The van der Waals surface area contributed by atoms with Crippen molar-refractivity contribution in [1.82, 2.24) is 9.55 Å². The van der Waals surface area contributed by atoms with E-state index in [9.17, 15) is 19.8 Å². The molecule has 0 radical (unpaired) electrons. The lowest BCUT2D eigenvalue weighted by atomic mass is 10.1. The van der Waals surface area contributed by atoms with E-state index < -0.39 is 12.1 Å². The van der Waals surface area contributed by atoms with Crippen LogP contribution >= 0.6 is 0 Å². The van der Waals surface area contributed by atoms with E-state index in [0.717, 1.165) is 24.8 Å². The predicted octanol–water partition coefficient (Wildman–Crippen LogP) is 2.45. The first-order chi connectivity index (χ1) is 13.0. The summed E-state index contributed by atoms with van der Waals surface area (Å²) >= 11 is 0. The first-order valence-electron chi connectivity index (χ1n) is 9.41. The number of aromatic hydroxyl groups is 1. The van der Waals surface area contributed by atoms with Crippen LogP contribution in [0.4, 0.5) is 0 Å². The number of aliphatic carboxylic acids is 1. The smallest absolute Gasteiger partial charge is 0.328 e. The van der Waals surface area contributed by atoms with Crippen LogP contribution in [0.2, 0.25) is 0 Å². The molecule has 0 spiro atoms. The highest BCUT2D eigenvalue weighted by atomic mass is 16.4. The van der Waals surface area contributed by atoms with Gasteiger partial charge in [-0.25, -0.2) is 4.79 Å². The Kier molecular flexibility index (Phi) is 8.13. The molecule has 1 heterocycles. The number of nitrogens with one attached hydrogen (secondary N) is 1. The maximum atomic E-state index is 12.0. The summed E-state index contributed by atoms with van der Waals surface area (Å²) in [5.74, 6) is -0.913. The lowest BCUT2D eigenvalue weighted by molar-refractivity contribution is -0.137. The number of carboxylic acid groups (broad SMARTS) is 1. The van der Waals surface area contributed by atoms with Crippen molar-refractivity contribution >= 4 is 5.97 Å². The van der Waals surface area contributed by atoms with Crippen LogP contribution in [0, 0.1) is 0 Å². The van der Waals surface area contributed by atoms with Crippen molar-refractivity contribution < 1.29 is 20.1 Å². The zero-order valence-corrected chi connectivity index (χ0v) is 15.4. The van der Waals surface area contributed by atoms with Crippen LogP contribution in [0.3, 0.4) is 0 Å². The number of carbonyl (C=O) groups is 1. The van der Waals surface area contributed by atoms with Crippen LogP contribution in [-0.4, -0.2) is 36.9 Å². The van der Waals surface area contributed by atoms with Gasteiger partial charge in [0.25, 0.3) is 0 Å². The minimum Gasteiger partial charge on any atom is -0.493 e. The third-order valence-corrected chi connectivity index (χ3v) is 4.62. The molecule has 0 aliphatic carbocycles. The fourth-order valence-electron chi connectivity index (χ4n) is 3.17. The Bertz CT molecular complexity index is 766. The van der Waals surface area contributed by atoms with E-state index in [1.807, 2.05) is 30.3 Å². The van der Waals surface area contributed by atoms with Gasteiger partial charge in [-0.05, 0) is 37.7 Å². The topological polar surface area (TPSA) is 116 Å². The first-order valence-corrected chi connectivity index (χ1v) is 9.41. The Morgan fingerprint density at radius 1 is 1.11 bits per heavy atom. The summed E-state index contributed by atoms with van der Waals surface area (Å²) in [6.45, 7) is 0.332. The number of aliphatic hydroxyl groups is 1. The lowest BCUT2D eigenvalue weighted by Crippen LogP contribution is -2.23. The molecule has 7 nitrogen and oxygen atoms in total. The molecular formula is C20H28N2O5. The quantitative estimate of drug-likeness (QED) is 0.425. The number of aromatic nitrogens is 2. The summed E-state index contributed by atoms with van der Waals surface area (Å²) in [5, 5.41) is 28.8. The fraction of sp³-hybridized carbons (Fsp3) is 0.500. The number of aromatic amines is 1. The second-order valence-corrected chi connectivity index (χ2v) is 6.82. The number of nitrogens with zero attached hydrogens (tertiary/aromatic N) is 1. The van der Waals surface area contributed by atoms with Crippen LogP contribution in [0.1, 0.15) is 49.8 Å². The first kappa shape index (κ1) is 20.8. The summed E-state index contributed by atoms with van der Waals surface area (Å²) in [5.41, 5.74) is 1.21. The molecule has 2 aromatic rings. The van der Waals surface area contributed by atoms with Crippen LogP contribution in [0.25, 0.3) is 0 Å². The van der Waals surface area contributed by atoms with E-state index in [2.05, 4.69) is 4.98 Å². The van der Waals surface area contributed by atoms with Crippen LogP contribution in [-0.2, 0) is 24.2 Å². The number of benzene rings is 1. The van der Waals surface area contributed by atoms with Gasteiger partial charge in [-0.2, -0.15) is 0 Å². The Morgan fingerprint density at radius 2 is 1.81 bits per heavy atom. The van der Waals surface area contributed by atoms with E-state index >= 15 is 0 Å². The van der Waals surface area contributed by atoms with Crippen molar-refractivity contribution in [1.29, 1.82) is 0 Å². The molecule has 2 rings (SSSR count). The summed E-state index contributed by atoms with van der Waals surface area (Å²) in [7, 11) is 0. The van der Waals surface area contributed by atoms with Crippen LogP contribution in [0.5, 0.6) is 5.88 Å². The van der Waals surface area contributed by atoms with E-state index in [-0.39, 0.29) is 18.0 Å². The average molecular weight is 376 g/mol. The molecule has 4 N–H and O–H groups in total. The molecule has 27 heavy (non-hydrogen) atoms. The Labute approximate surface area is 158 Å². The Morgan fingerprint density at radius 3 is 2.52 bits per heavy atom. The number of rotatable bonds is 12. The number of unbranched alkanes of at least 4 members (excludes halogenated alkanes) is 3. The van der Waals surface area contributed by atoms with E-state index in [0.29, 0.717) is 37.9 Å². The molecule has 0 saturated heterocycles. The van der Waals surface area contributed by atoms with Gasteiger partial charge in [0.05, 0.1) is 11.8 Å². The van der Waals surface area contributed by atoms with Gasteiger partial charge in [-0.1, -0.05) is 43.2 Å². The van der Waals surface area contributed by atoms with Crippen molar-refractivity contribution in [3.05, 3.63) is 52.1 Å². The second kappa shape index (κ2) is 10.6. The van der Waals surface area contributed by atoms with E-state index in [1.165, 1.54) is 4.57 Å². The van der Waals surface area contributed by atoms with Gasteiger partial charge in [-0.15, -0.1) is 0 Å². The zero-order chi connectivity index (χ0) is 19.6. The number of aliphatic hydroxyl groups excluding tert-OH is 1. The van der Waals surface area contributed by atoms with Crippen molar-refractivity contribution in [3.63, 3.8) is 0 Å². The standard InChI is InChI=1S/C20H28N2O5/c23-16(14-15-8-4-3-5-9-15)12-13-22-17(19(26)21-20(22)27)10-6-1-2-7-11-18(24)25/h3-5,8-9,16,23,26H,1-2,6-7,10-14H2,(H,21,27)(H,24,25). The summed E-state index contributed by atoms with van der Waals surface area (Å²) in [4.78, 5) is 25.0. The second-order valence-electron chi connectivity index (χ2n) is 6.82.